The Hall–Kier alpha value is -1.86. The zero-order chi connectivity index (χ0) is 18.2. The minimum absolute atomic E-state index is 0.285. The number of halogens is 1. The second-order valence-electron chi connectivity index (χ2n) is 6.34. The molecule has 0 fully saturated rings. The van der Waals surface area contributed by atoms with Crippen LogP contribution in [0.25, 0.3) is 10.9 Å². The summed E-state index contributed by atoms with van der Waals surface area (Å²) in [4.78, 5) is 9.60. The van der Waals surface area contributed by atoms with Crippen molar-refractivity contribution in [2.45, 2.75) is 33.1 Å². The quantitative estimate of drug-likeness (QED) is 0.794. The summed E-state index contributed by atoms with van der Waals surface area (Å²) in [6.45, 7) is 7.76. The molecule has 24 heavy (non-hydrogen) atoms. The lowest BCUT2D eigenvalue weighted by Gasteiger charge is -2.22. The molecule has 0 unspecified atom stereocenters. The Labute approximate surface area is 151 Å². The largest absolute Gasteiger partial charge is 0.491 e. The number of hydrogen-bond donors (Lipinski definition) is 2. The fraction of sp³-hybridized carbons (Fsp3) is 0.438. The Morgan fingerprint density at radius 2 is 1.75 bits per heavy atom. The van der Waals surface area contributed by atoms with Crippen LogP contribution in [0.5, 0.6) is 11.5 Å². The van der Waals surface area contributed by atoms with Crippen molar-refractivity contribution in [1.82, 2.24) is 9.97 Å². The molecule has 0 radical (unpaired) electrons. The van der Waals surface area contributed by atoms with Gasteiger partial charge in [-0.25, -0.2) is 9.97 Å². The molecular formula is C16H21ClN4O2S. The Morgan fingerprint density at radius 1 is 1.17 bits per heavy atom. The molecule has 0 aliphatic heterocycles. The van der Waals surface area contributed by atoms with E-state index in [9.17, 15) is 0 Å². The Kier molecular flexibility index (Phi) is 5.05. The monoisotopic (exact) mass is 368 g/mol. The molecule has 2 rings (SSSR count). The smallest absolute Gasteiger partial charge is 0.186 e. The number of nitrogens with one attached hydrogen (secondary N) is 1. The van der Waals surface area contributed by atoms with E-state index in [1.165, 1.54) is 14.2 Å². The van der Waals surface area contributed by atoms with Crippen molar-refractivity contribution in [3.05, 3.63) is 10.8 Å². The van der Waals surface area contributed by atoms with E-state index in [4.69, 9.17) is 39.0 Å². The van der Waals surface area contributed by atoms with Gasteiger partial charge in [0.25, 0.3) is 0 Å². The first-order valence-electron chi connectivity index (χ1n) is 7.30. The number of anilines is 2. The lowest BCUT2D eigenvalue weighted by atomic mass is 9.95. The zero-order valence-corrected chi connectivity index (χ0v) is 16.1. The van der Waals surface area contributed by atoms with Crippen LogP contribution in [0.2, 0.25) is 5.02 Å². The minimum atomic E-state index is -0.285. The molecule has 0 bridgehead atoms. The fourth-order valence-corrected chi connectivity index (χ4v) is 2.73. The average molecular weight is 369 g/mol. The van der Waals surface area contributed by atoms with Crippen LogP contribution in [-0.4, -0.2) is 29.2 Å². The first kappa shape index (κ1) is 18.5. The summed E-state index contributed by atoms with van der Waals surface area (Å²) in [5, 5.41) is 3.94. The molecule has 0 saturated heterocycles. The number of nitrogen functional groups attached to an aromatic ring is 1. The summed E-state index contributed by atoms with van der Waals surface area (Å²) in [6, 6.07) is 0. The van der Waals surface area contributed by atoms with Crippen molar-refractivity contribution >= 4 is 51.2 Å². The number of ether oxygens (including phenoxy) is 2. The number of hydrogen-bond acceptors (Lipinski definition) is 6. The van der Waals surface area contributed by atoms with E-state index in [1.807, 2.05) is 20.8 Å². The van der Waals surface area contributed by atoms with Crippen LogP contribution in [0.3, 0.4) is 0 Å². The van der Waals surface area contributed by atoms with Crippen molar-refractivity contribution in [3.8, 4) is 11.5 Å². The summed E-state index contributed by atoms with van der Waals surface area (Å²) in [7, 11) is 3.03. The van der Waals surface area contributed by atoms with Gasteiger partial charge in [0.15, 0.2) is 11.5 Å². The minimum Gasteiger partial charge on any atom is -0.491 e. The molecule has 8 heteroatoms. The van der Waals surface area contributed by atoms with Gasteiger partial charge in [0.2, 0.25) is 0 Å². The number of fused-ring (bicyclic) bond motifs is 1. The molecule has 1 heterocycles. The van der Waals surface area contributed by atoms with Crippen molar-refractivity contribution in [1.29, 1.82) is 0 Å². The second kappa shape index (κ2) is 6.57. The fourth-order valence-electron chi connectivity index (χ4n) is 2.33. The van der Waals surface area contributed by atoms with E-state index < -0.39 is 0 Å². The summed E-state index contributed by atoms with van der Waals surface area (Å²) < 4.78 is 10.9. The van der Waals surface area contributed by atoms with Crippen molar-refractivity contribution in [2.75, 3.05) is 25.3 Å². The molecule has 0 atom stereocenters. The van der Waals surface area contributed by atoms with E-state index in [1.54, 1.807) is 6.92 Å². The second-order valence-corrected chi connectivity index (χ2v) is 7.33. The molecule has 0 amide bonds. The van der Waals surface area contributed by atoms with Crippen LogP contribution < -0.4 is 20.5 Å². The van der Waals surface area contributed by atoms with Crippen LogP contribution in [0.4, 0.5) is 11.5 Å². The number of methoxy groups -OCH3 is 2. The van der Waals surface area contributed by atoms with Gasteiger partial charge < -0.3 is 20.5 Å². The van der Waals surface area contributed by atoms with Crippen LogP contribution in [-0.2, 0) is 5.41 Å². The summed E-state index contributed by atoms with van der Waals surface area (Å²) >= 11 is 11.7. The van der Waals surface area contributed by atoms with Crippen molar-refractivity contribution in [3.63, 3.8) is 0 Å². The first-order chi connectivity index (χ1) is 11.1. The van der Waals surface area contributed by atoms with Crippen LogP contribution >= 0.6 is 23.8 Å². The van der Waals surface area contributed by atoms with Gasteiger partial charge in [0, 0.05) is 5.41 Å². The average Bonchev–Trinajstić information content (AvgIpc) is 2.47. The molecular weight excluding hydrogens is 348 g/mol. The van der Waals surface area contributed by atoms with Gasteiger partial charge in [-0.3, -0.25) is 0 Å². The summed E-state index contributed by atoms with van der Waals surface area (Å²) in [5.74, 6) is 1.65. The van der Waals surface area contributed by atoms with Gasteiger partial charge in [-0.1, -0.05) is 44.6 Å². The van der Waals surface area contributed by atoms with Gasteiger partial charge >= 0.3 is 0 Å². The third-order valence-electron chi connectivity index (χ3n) is 3.41. The first-order valence-corrected chi connectivity index (χ1v) is 8.09. The predicted octanol–water partition coefficient (Wildman–Crippen LogP) is 3.94. The highest BCUT2D eigenvalue weighted by Gasteiger charge is 2.27. The molecule has 6 nitrogen and oxygen atoms in total. The molecule has 1 aromatic heterocycles. The number of aromatic nitrogens is 2. The van der Waals surface area contributed by atoms with Gasteiger partial charge in [0.1, 0.15) is 22.2 Å². The Bertz CT molecular complexity index is 818. The molecule has 0 spiro atoms. The maximum absolute atomic E-state index is 6.52. The standard InChI is InChI=1S/C16H21ClN4O2S/c1-7(24)19-11-8-10(9(17)12(22-5)13(11)23-6)20-15(16(2,3)4)21-14(8)18/h1-6H3,(H,19,24)(H2,18,20,21). The molecule has 0 aliphatic carbocycles. The topological polar surface area (TPSA) is 82.3 Å². The Balaban J connectivity index is 3.00. The van der Waals surface area contributed by atoms with E-state index in [-0.39, 0.29) is 5.41 Å². The molecule has 2 aromatic rings. The maximum atomic E-state index is 6.52. The van der Waals surface area contributed by atoms with E-state index in [0.29, 0.717) is 49.7 Å². The highest BCUT2D eigenvalue weighted by Crippen LogP contribution is 2.48. The lowest BCUT2D eigenvalue weighted by Crippen LogP contribution is -2.18. The van der Waals surface area contributed by atoms with Gasteiger partial charge in [-0.05, 0) is 6.92 Å². The summed E-state index contributed by atoms with van der Waals surface area (Å²) in [6.07, 6.45) is 0. The van der Waals surface area contributed by atoms with Crippen LogP contribution in [0, 0.1) is 0 Å². The highest BCUT2D eigenvalue weighted by molar-refractivity contribution is 7.80. The van der Waals surface area contributed by atoms with Gasteiger partial charge in [-0.15, -0.1) is 0 Å². The van der Waals surface area contributed by atoms with Crippen LogP contribution in [0.1, 0.15) is 33.5 Å². The van der Waals surface area contributed by atoms with E-state index in [2.05, 4.69) is 15.3 Å². The molecule has 3 N–H and O–H groups in total. The third kappa shape index (κ3) is 3.18. The van der Waals surface area contributed by atoms with Crippen LogP contribution in [0.15, 0.2) is 0 Å². The summed E-state index contributed by atoms with van der Waals surface area (Å²) in [5.41, 5.74) is 6.97. The SMILES string of the molecule is COc1c(OC)c(NC(C)=S)c2c(N)nc(C(C)(C)C)nc2c1Cl. The number of rotatable bonds is 3. The lowest BCUT2D eigenvalue weighted by molar-refractivity contribution is 0.357. The molecule has 0 aliphatic rings. The third-order valence-corrected chi connectivity index (χ3v) is 3.86. The molecule has 0 saturated carbocycles. The number of nitrogens with zero attached hydrogens (tertiary/aromatic N) is 2. The van der Waals surface area contributed by atoms with Gasteiger partial charge in [-0.2, -0.15) is 0 Å². The maximum Gasteiger partial charge on any atom is 0.186 e. The Morgan fingerprint density at radius 3 is 2.21 bits per heavy atom. The van der Waals surface area contributed by atoms with Gasteiger partial charge in [0.05, 0.1) is 30.3 Å². The van der Waals surface area contributed by atoms with Crippen molar-refractivity contribution in [2.24, 2.45) is 0 Å². The highest BCUT2D eigenvalue weighted by atomic mass is 35.5. The molecule has 1 aromatic carbocycles. The number of nitrogens with two attached hydrogens (primary N) is 1. The van der Waals surface area contributed by atoms with E-state index in [0.717, 1.165) is 0 Å². The zero-order valence-electron chi connectivity index (χ0n) is 14.6. The molecule has 130 valence electrons. The van der Waals surface area contributed by atoms with Crippen molar-refractivity contribution < 1.29 is 9.47 Å². The number of benzene rings is 1. The normalized spacial score (nSPS) is 11.5. The van der Waals surface area contributed by atoms with E-state index >= 15 is 0 Å². The predicted molar refractivity (Wildman–Crippen MR) is 103 cm³/mol. The number of thiocarbonyl (C=S) groups is 1.